The van der Waals surface area contributed by atoms with Crippen LogP contribution in [-0.4, -0.2) is 42.0 Å². The fraction of sp³-hybridized carbons (Fsp3) is 0.229. The van der Waals surface area contributed by atoms with Crippen molar-refractivity contribution >= 4 is 82.7 Å². The van der Waals surface area contributed by atoms with E-state index in [1.807, 2.05) is 0 Å². The molecule has 4 aromatic carbocycles. The minimum absolute atomic E-state index is 0.0158. The zero-order valence-corrected chi connectivity index (χ0v) is 32.0. The topological polar surface area (TPSA) is 128 Å². The first kappa shape index (κ1) is 40.3. The van der Waals surface area contributed by atoms with Gasteiger partial charge in [0.05, 0.1) is 28.8 Å². The van der Waals surface area contributed by atoms with Gasteiger partial charge in [0.2, 0.25) is 17.4 Å². The number of ether oxygens (including phenoxy) is 6. The normalized spacial score (nSPS) is 14.3. The highest BCUT2D eigenvalue weighted by atomic mass is 35.6. The summed E-state index contributed by atoms with van der Waals surface area (Å²) in [7, 11) is -5.47. The fourth-order valence-electron chi connectivity index (χ4n) is 5.29. The van der Waals surface area contributed by atoms with Crippen molar-refractivity contribution in [2.45, 2.75) is 22.7 Å². The summed E-state index contributed by atoms with van der Waals surface area (Å²) in [5.74, 6) is 0.452. The summed E-state index contributed by atoms with van der Waals surface area (Å²) in [5, 5.41) is 10.1. The molecule has 2 aliphatic heterocycles. The predicted octanol–water partition coefficient (Wildman–Crippen LogP) is 10.4. The van der Waals surface area contributed by atoms with Gasteiger partial charge < -0.3 is 33.5 Å². The van der Waals surface area contributed by atoms with Gasteiger partial charge in [0, 0.05) is 16.7 Å². The summed E-state index contributed by atoms with van der Waals surface area (Å²) in [5.41, 5.74) is -5.18. The van der Waals surface area contributed by atoms with Crippen LogP contribution in [0.1, 0.15) is 27.8 Å². The third-order valence-corrected chi connectivity index (χ3v) is 11.1. The lowest BCUT2D eigenvalue weighted by Crippen LogP contribution is -2.20. The molecule has 0 saturated carbocycles. The lowest BCUT2D eigenvalue weighted by Gasteiger charge is -2.27. The van der Waals surface area contributed by atoms with Crippen LogP contribution in [0.15, 0.2) is 78.9 Å². The third kappa shape index (κ3) is 8.87. The number of hydrogen-bond donors (Lipinski definition) is 1. The molecule has 6 rings (SSSR count). The number of rotatable bonds is 15. The number of hydrogen-bond acceptors (Lipinski definition) is 10. The molecule has 0 bridgehead atoms. The van der Waals surface area contributed by atoms with Crippen molar-refractivity contribution in [2.75, 3.05) is 27.2 Å². The molecular weight excluding hydrogens is 843 g/mol. The summed E-state index contributed by atoms with van der Waals surface area (Å²) in [6.07, 6.45) is 0. The number of alkyl halides is 5. The van der Waals surface area contributed by atoms with E-state index >= 15 is 8.78 Å². The number of benzene rings is 4. The molecule has 54 heavy (non-hydrogen) atoms. The molecule has 0 aromatic heterocycles. The van der Waals surface area contributed by atoms with Crippen molar-refractivity contribution in [2.24, 2.45) is 0 Å². The molecule has 286 valence electrons. The van der Waals surface area contributed by atoms with E-state index in [2.05, 4.69) is 0 Å². The van der Waals surface area contributed by atoms with Crippen LogP contribution < -0.4 is 18.9 Å². The van der Waals surface area contributed by atoms with E-state index in [1.165, 1.54) is 18.2 Å². The second kappa shape index (κ2) is 16.8. The monoisotopic (exact) mass is 866 g/mol. The van der Waals surface area contributed by atoms with Crippen molar-refractivity contribution in [1.82, 2.24) is 0 Å². The molecule has 0 spiro atoms. The summed E-state index contributed by atoms with van der Waals surface area (Å²) < 4.78 is 86.6. The van der Waals surface area contributed by atoms with Crippen LogP contribution in [0.5, 0.6) is 23.0 Å². The zero-order chi connectivity index (χ0) is 38.7. The number of halogens is 7. The molecule has 1 N–H and O–H groups in total. The number of fused-ring (bicyclic) bond motifs is 2. The lowest BCUT2D eigenvalue weighted by molar-refractivity contribution is -0.130. The Hall–Kier alpha value is -3.33. The highest BCUT2D eigenvalue weighted by molar-refractivity contribution is 7.54. The smallest absolute Gasteiger partial charge is 0.408 e. The number of carboxylic acids is 1. The summed E-state index contributed by atoms with van der Waals surface area (Å²) in [6.45, 7) is -1.93. The Morgan fingerprint density at radius 1 is 0.759 bits per heavy atom. The molecule has 0 atom stereocenters. The molecule has 0 unspecified atom stereocenters. The first-order valence-electron chi connectivity index (χ1n) is 15.5. The minimum atomic E-state index is -5.47. The minimum Gasteiger partial charge on any atom is -0.478 e. The van der Waals surface area contributed by atoms with E-state index in [1.54, 1.807) is 36.4 Å². The number of allylic oxidation sites excluding steroid dienone is 1. The summed E-state index contributed by atoms with van der Waals surface area (Å²) in [6, 6.07) is 17.9. The van der Waals surface area contributed by atoms with E-state index < -0.39 is 53.3 Å². The first-order chi connectivity index (χ1) is 25.7. The van der Waals surface area contributed by atoms with Gasteiger partial charge in [0.25, 0.3) is 0 Å². The maximum Gasteiger partial charge on any atom is 0.408 e. The maximum absolute atomic E-state index is 16.3. The number of carboxylic acid groups (broad SMARTS) is 1. The van der Waals surface area contributed by atoms with Gasteiger partial charge >= 0.3 is 19.2 Å². The van der Waals surface area contributed by atoms with Gasteiger partial charge in [-0.15, -0.1) is 0 Å². The van der Waals surface area contributed by atoms with E-state index in [0.717, 1.165) is 24.3 Å². The lowest BCUT2D eigenvalue weighted by atomic mass is 9.94. The van der Waals surface area contributed by atoms with Crippen molar-refractivity contribution < 1.29 is 60.7 Å². The van der Waals surface area contributed by atoms with E-state index in [9.17, 15) is 14.5 Å². The number of aliphatic carboxylic acids is 1. The van der Waals surface area contributed by atoms with Crippen LogP contribution in [0, 0.1) is 0 Å². The fourth-order valence-corrected chi connectivity index (χ4v) is 7.59. The van der Waals surface area contributed by atoms with Crippen molar-refractivity contribution in [3.05, 3.63) is 117 Å². The van der Waals surface area contributed by atoms with E-state index in [4.69, 9.17) is 95.5 Å². The Morgan fingerprint density at radius 2 is 1.28 bits per heavy atom. The van der Waals surface area contributed by atoms with Crippen molar-refractivity contribution in [3.8, 4) is 23.0 Å². The SMILES string of the molecule is O=C(O)C(=C(c1ccc(C(F)(F)P(=O)(OCOCc2ccc3c(c2)OCO3)OCOCc2ccc3c(c2)OCO3)cc1)C(Cl)(Cl)Cl)c1cccc(Cl)c1Cl. The average Bonchev–Trinajstić information content (AvgIpc) is 3.81. The van der Waals surface area contributed by atoms with Gasteiger partial charge in [-0.2, -0.15) is 8.78 Å². The Morgan fingerprint density at radius 3 is 1.78 bits per heavy atom. The van der Waals surface area contributed by atoms with Gasteiger partial charge in [0.1, 0.15) is 0 Å². The quantitative estimate of drug-likeness (QED) is 0.0306. The van der Waals surface area contributed by atoms with Crippen molar-refractivity contribution in [3.63, 3.8) is 0 Å². The summed E-state index contributed by atoms with van der Waals surface area (Å²) >= 11 is 31.2. The molecule has 2 heterocycles. The molecule has 0 aliphatic carbocycles. The van der Waals surface area contributed by atoms with Crippen LogP contribution in [-0.2, 0) is 46.8 Å². The second-order valence-electron chi connectivity index (χ2n) is 11.3. The molecule has 4 aromatic rings. The van der Waals surface area contributed by atoms with E-state index in [-0.39, 0.29) is 48.0 Å². The Kier molecular flexibility index (Phi) is 12.6. The molecule has 0 saturated heterocycles. The molecule has 0 fully saturated rings. The predicted molar refractivity (Wildman–Crippen MR) is 196 cm³/mol. The third-order valence-electron chi connectivity index (χ3n) is 7.86. The van der Waals surface area contributed by atoms with Gasteiger partial charge in [0.15, 0.2) is 36.6 Å². The highest BCUT2D eigenvalue weighted by Crippen LogP contribution is 2.67. The standard InChI is InChI=1S/C35H26Cl5F2O11P/c36-25-3-1-2-24(32(25)37)30(33(43)44)31(34(38,39)40)22-6-8-23(9-7-22)35(41,42)54(45,52-16-46-14-20-4-10-26-28(12-20)50-18-48-26)53-17-47-15-21-5-11-27-29(13-21)51-19-49-27/h1-13H,14-19H2,(H,43,44). The first-order valence-corrected chi connectivity index (χ1v) is 18.9. The summed E-state index contributed by atoms with van der Waals surface area (Å²) in [4.78, 5) is 12.5. The van der Waals surface area contributed by atoms with Gasteiger partial charge in [-0.25, -0.2) is 4.79 Å². The van der Waals surface area contributed by atoms with Crippen molar-refractivity contribution in [1.29, 1.82) is 0 Å². The van der Waals surface area contributed by atoms with Crippen LogP contribution in [0.4, 0.5) is 8.78 Å². The molecule has 19 heteroatoms. The highest BCUT2D eigenvalue weighted by Gasteiger charge is 2.55. The maximum atomic E-state index is 16.3. The Labute approximate surface area is 331 Å². The average molecular weight is 869 g/mol. The molecular formula is C35H26Cl5F2O11P. The molecule has 2 aliphatic rings. The van der Waals surface area contributed by atoms with Crippen LogP contribution in [0.2, 0.25) is 10.0 Å². The van der Waals surface area contributed by atoms with Gasteiger partial charge in [-0.3, -0.25) is 13.6 Å². The van der Waals surface area contributed by atoms with Gasteiger partial charge in [-0.05, 0) is 47.0 Å². The molecule has 0 radical (unpaired) electrons. The van der Waals surface area contributed by atoms with Crippen LogP contribution in [0.3, 0.4) is 0 Å². The zero-order valence-electron chi connectivity index (χ0n) is 27.4. The molecule has 0 amide bonds. The Balaban J connectivity index is 1.24. The largest absolute Gasteiger partial charge is 0.478 e. The van der Waals surface area contributed by atoms with Gasteiger partial charge in [-0.1, -0.05) is 107 Å². The van der Waals surface area contributed by atoms with E-state index in [0.29, 0.717) is 34.1 Å². The number of carbonyl (C=O) groups is 1. The van der Waals surface area contributed by atoms with Crippen LogP contribution in [0.25, 0.3) is 11.1 Å². The Bertz CT molecular complexity index is 2040. The second-order valence-corrected chi connectivity index (χ2v) is 16.5. The molecule has 11 nitrogen and oxygen atoms in total. The van der Waals surface area contributed by atoms with Crippen LogP contribution >= 0.6 is 65.6 Å².